The summed E-state index contributed by atoms with van der Waals surface area (Å²) in [5.41, 5.74) is 1.46. The minimum atomic E-state index is 0.254. The molecule has 1 aromatic carbocycles. The molecule has 4 rings (SSSR count). The van der Waals surface area contributed by atoms with Crippen LogP contribution in [0.25, 0.3) is 0 Å². The van der Waals surface area contributed by atoms with Gasteiger partial charge < -0.3 is 20.0 Å². The van der Waals surface area contributed by atoms with Gasteiger partial charge in [0.25, 0.3) is 0 Å². The average Bonchev–Trinajstić information content (AvgIpc) is 2.80. The molecule has 0 aliphatic carbocycles. The van der Waals surface area contributed by atoms with Crippen molar-refractivity contribution < 1.29 is 4.79 Å². The SMILES string of the molecule is C[C@@H]1CN(C(=O)C2CCN(C3CCN(CCCc4ccccc4)CC3)CC2)CCN1. The molecule has 3 aliphatic heterocycles. The molecule has 3 fully saturated rings. The third kappa shape index (κ3) is 5.83. The maximum Gasteiger partial charge on any atom is 0.225 e. The summed E-state index contributed by atoms with van der Waals surface area (Å²) in [7, 11) is 0. The number of hydrogen-bond donors (Lipinski definition) is 1. The van der Waals surface area contributed by atoms with Crippen molar-refractivity contribution in [3.63, 3.8) is 0 Å². The predicted molar refractivity (Wildman–Crippen MR) is 123 cm³/mol. The van der Waals surface area contributed by atoms with Gasteiger partial charge >= 0.3 is 0 Å². The number of piperazine rings is 1. The van der Waals surface area contributed by atoms with Gasteiger partial charge in [0.15, 0.2) is 0 Å². The van der Waals surface area contributed by atoms with Crippen LogP contribution in [0.2, 0.25) is 0 Å². The Morgan fingerprint density at radius 1 is 1.00 bits per heavy atom. The number of amides is 1. The third-order valence-electron chi connectivity index (χ3n) is 7.42. The van der Waals surface area contributed by atoms with E-state index in [0.717, 1.165) is 51.6 Å². The number of likely N-dealkylation sites (tertiary alicyclic amines) is 2. The summed E-state index contributed by atoms with van der Waals surface area (Å²) in [6.45, 7) is 10.8. The van der Waals surface area contributed by atoms with Crippen molar-refractivity contribution >= 4 is 5.91 Å². The van der Waals surface area contributed by atoms with Crippen LogP contribution in [0.1, 0.15) is 44.6 Å². The van der Waals surface area contributed by atoms with Crippen molar-refractivity contribution in [2.45, 2.75) is 57.5 Å². The van der Waals surface area contributed by atoms with Crippen molar-refractivity contribution in [2.75, 3.05) is 52.4 Å². The van der Waals surface area contributed by atoms with Crippen molar-refractivity contribution in [2.24, 2.45) is 5.92 Å². The van der Waals surface area contributed by atoms with Gasteiger partial charge in [0, 0.05) is 37.6 Å². The van der Waals surface area contributed by atoms with E-state index in [1.54, 1.807) is 0 Å². The summed E-state index contributed by atoms with van der Waals surface area (Å²) >= 11 is 0. The smallest absolute Gasteiger partial charge is 0.225 e. The Morgan fingerprint density at radius 3 is 2.43 bits per heavy atom. The van der Waals surface area contributed by atoms with Gasteiger partial charge in [-0.15, -0.1) is 0 Å². The van der Waals surface area contributed by atoms with Crippen LogP contribution in [0.15, 0.2) is 30.3 Å². The van der Waals surface area contributed by atoms with Crippen LogP contribution in [-0.2, 0) is 11.2 Å². The van der Waals surface area contributed by atoms with Gasteiger partial charge in [-0.25, -0.2) is 0 Å². The van der Waals surface area contributed by atoms with Crippen LogP contribution in [0.5, 0.6) is 0 Å². The molecule has 0 radical (unpaired) electrons. The first kappa shape index (κ1) is 21.8. The van der Waals surface area contributed by atoms with Crippen molar-refractivity contribution in [3.8, 4) is 0 Å². The summed E-state index contributed by atoms with van der Waals surface area (Å²) in [4.78, 5) is 20.3. The van der Waals surface area contributed by atoms with E-state index in [0.29, 0.717) is 11.9 Å². The van der Waals surface area contributed by atoms with Crippen LogP contribution in [-0.4, -0.2) is 85.0 Å². The molecule has 166 valence electrons. The Bertz CT molecular complexity index is 650. The monoisotopic (exact) mass is 412 g/mol. The molecule has 1 N–H and O–H groups in total. The van der Waals surface area contributed by atoms with Crippen molar-refractivity contribution in [1.82, 2.24) is 20.0 Å². The van der Waals surface area contributed by atoms with E-state index in [-0.39, 0.29) is 5.92 Å². The zero-order valence-corrected chi connectivity index (χ0v) is 18.8. The fourth-order valence-electron chi connectivity index (χ4n) is 5.56. The molecular formula is C25H40N4O. The van der Waals surface area contributed by atoms with Crippen LogP contribution in [0.3, 0.4) is 0 Å². The fraction of sp³-hybridized carbons (Fsp3) is 0.720. The number of carbonyl (C=O) groups excluding carboxylic acids is 1. The minimum absolute atomic E-state index is 0.254. The van der Waals surface area contributed by atoms with Crippen LogP contribution in [0.4, 0.5) is 0 Å². The van der Waals surface area contributed by atoms with Crippen LogP contribution >= 0.6 is 0 Å². The topological polar surface area (TPSA) is 38.8 Å². The van der Waals surface area contributed by atoms with E-state index in [2.05, 4.69) is 57.3 Å². The normalized spacial score (nSPS) is 25.5. The molecule has 1 atom stereocenters. The van der Waals surface area contributed by atoms with Gasteiger partial charge in [-0.05, 0) is 83.7 Å². The number of piperidine rings is 2. The quantitative estimate of drug-likeness (QED) is 0.780. The lowest BCUT2D eigenvalue weighted by Crippen LogP contribution is -2.54. The fourth-order valence-corrected chi connectivity index (χ4v) is 5.56. The first-order valence-corrected chi connectivity index (χ1v) is 12.2. The maximum atomic E-state index is 12.9. The summed E-state index contributed by atoms with van der Waals surface area (Å²) in [5.74, 6) is 0.667. The van der Waals surface area contributed by atoms with E-state index in [1.165, 1.54) is 50.9 Å². The highest BCUT2D eigenvalue weighted by molar-refractivity contribution is 5.79. The van der Waals surface area contributed by atoms with E-state index in [1.807, 2.05) is 0 Å². The molecule has 5 nitrogen and oxygen atoms in total. The molecule has 1 amide bonds. The second kappa shape index (κ2) is 10.7. The number of aryl methyl sites for hydroxylation is 1. The Labute approximate surface area is 182 Å². The first-order chi connectivity index (χ1) is 14.7. The number of nitrogens with zero attached hydrogens (tertiary/aromatic N) is 3. The molecule has 1 aromatic rings. The molecule has 3 aliphatic rings. The lowest BCUT2D eigenvalue weighted by Gasteiger charge is -2.42. The zero-order chi connectivity index (χ0) is 20.8. The Kier molecular flexibility index (Phi) is 7.80. The average molecular weight is 413 g/mol. The molecular weight excluding hydrogens is 372 g/mol. The number of hydrogen-bond acceptors (Lipinski definition) is 4. The number of nitrogens with one attached hydrogen (secondary N) is 1. The number of rotatable bonds is 6. The lowest BCUT2D eigenvalue weighted by molar-refractivity contribution is -0.138. The van der Waals surface area contributed by atoms with Crippen LogP contribution in [0, 0.1) is 5.92 Å². The molecule has 3 heterocycles. The van der Waals surface area contributed by atoms with Gasteiger partial charge in [-0.2, -0.15) is 0 Å². The molecule has 0 spiro atoms. The second-order valence-corrected chi connectivity index (χ2v) is 9.61. The summed E-state index contributed by atoms with van der Waals surface area (Å²) < 4.78 is 0. The third-order valence-corrected chi connectivity index (χ3v) is 7.42. The highest BCUT2D eigenvalue weighted by atomic mass is 16.2. The molecule has 0 aromatic heterocycles. The van der Waals surface area contributed by atoms with E-state index >= 15 is 0 Å². The van der Waals surface area contributed by atoms with Crippen molar-refractivity contribution in [3.05, 3.63) is 35.9 Å². The largest absolute Gasteiger partial charge is 0.340 e. The van der Waals surface area contributed by atoms with Gasteiger partial charge in [0.2, 0.25) is 5.91 Å². The maximum absolute atomic E-state index is 12.9. The van der Waals surface area contributed by atoms with E-state index in [4.69, 9.17) is 0 Å². The predicted octanol–water partition coefficient (Wildman–Crippen LogP) is 2.62. The minimum Gasteiger partial charge on any atom is -0.340 e. The van der Waals surface area contributed by atoms with Gasteiger partial charge in [-0.1, -0.05) is 30.3 Å². The van der Waals surface area contributed by atoms with E-state index in [9.17, 15) is 4.79 Å². The number of benzene rings is 1. The summed E-state index contributed by atoms with van der Waals surface area (Å²) in [6.07, 6.45) is 7.13. The molecule has 30 heavy (non-hydrogen) atoms. The number of carbonyl (C=O) groups is 1. The standard InChI is InChI=1S/C25H40N4O/c1-21-20-29(19-13-26-21)25(30)23-9-17-28(18-10-23)24-11-15-27(16-12-24)14-5-8-22-6-3-2-4-7-22/h2-4,6-7,21,23-24,26H,5,8-20H2,1H3/t21-/m1/s1. The Hall–Kier alpha value is -1.43. The van der Waals surface area contributed by atoms with Crippen LogP contribution < -0.4 is 5.32 Å². The van der Waals surface area contributed by atoms with Gasteiger partial charge in [0.05, 0.1) is 0 Å². The highest BCUT2D eigenvalue weighted by Crippen LogP contribution is 2.25. The van der Waals surface area contributed by atoms with Crippen molar-refractivity contribution in [1.29, 1.82) is 0 Å². The Morgan fingerprint density at radius 2 is 1.73 bits per heavy atom. The lowest BCUT2D eigenvalue weighted by atomic mass is 9.92. The van der Waals surface area contributed by atoms with Gasteiger partial charge in [0.1, 0.15) is 0 Å². The van der Waals surface area contributed by atoms with E-state index < -0.39 is 0 Å². The molecule has 5 heteroatoms. The first-order valence-electron chi connectivity index (χ1n) is 12.2. The molecule has 3 saturated heterocycles. The highest BCUT2D eigenvalue weighted by Gasteiger charge is 2.33. The molecule has 0 unspecified atom stereocenters. The molecule has 0 bridgehead atoms. The second-order valence-electron chi connectivity index (χ2n) is 9.61. The summed E-state index contributed by atoms with van der Waals surface area (Å²) in [6, 6.07) is 12.0. The Balaban J connectivity index is 1.14. The summed E-state index contributed by atoms with van der Waals surface area (Å²) in [5, 5.41) is 3.44. The zero-order valence-electron chi connectivity index (χ0n) is 18.8. The molecule has 0 saturated carbocycles. The van der Waals surface area contributed by atoms with Gasteiger partial charge in [-0.3, -0.25) is 4.79 Å².